The molecule has 0 unspecified atom stereocenters. The topological polar surface area (TPSA) is 64.1 Å². The third kappa shape index (κ3) is 4.41. The Morgan fingerprint density at radius 1 is 1.21 bits per heavy atom. The summed E-state index contributed by atoms with van der Waals surface area (Å²) in [4.78, 5) is 12.0. The molecule has 1 amide bonds. The van der Waals surface area contributed by atoms with Crippen molar-refractivity contribution in [1.82, 2.24) is 10.2 Å². The first-order valence-electron chi connectivity index (χ1n) is 8.21. The van der Waals surface area contributed by atoms with Gasteiger partial charge in [0.2, 0.25) is 11.0 Å². The molecule has 5 nitrogen and oxygen atoms in total. The number of carbonyl (C=O) groups excluding carboxylic acids is 1. The molecule has 0 atom stereocenters. The third-order valence-corrected chi connectivity index (χ3v) is 5.17. The van der Waals surface area contributed by atoms with Gasteiger partial charge >= 0.3 is 0 Å². The standard InChI is InChI=1S/C18H21N3O2S/c1-23-15-10-7-13(8-11-15)9-12-16(22)19-18-21-20-17(24-18)14-5-3-2-4-6-14/h7-12,14H,2-6H2,1H3,(H,19,21,22)/b12-9+. The molecule has 1 aromatic heterocycles. The molecule has 1 aliphatic rings. The van der Waals surface area contributed by atoms with E-state index >= 15 is 0 Å². The van der Waals surface area contributed by atoms with Crippen molar-refractivity contribution in [2.75, 3.05) is 12.4 Å². The summed E-state index contributed by atoms with van der Waals surface area (Å²) in [6.07, 6.45) is 9.46. The number of anilines is 1. The molecular weight excluding hydrogens is 322 g/mol. The molecule has 1 heterocycles. The van der Waals surface area contributed by atoms with Crippen molar-refractivity contribution < 1.29 is 9.53 Å². The van der Waals surface area contributed by atoms with E-state index in [0.29, 0.717) is 11.0 Å². The van der Waals surface area contributed by atoms with Gasteiger partial charge in [0, 0.05) is 12.0 Å². The second kappa shape index (κ2) is 8.06. The molecule has 1 N–H and O–H groups in total. The van der Waals surface area contributed by atoms with Crippen molar-refractivity contribution in [3.05, 3.63) is 40.9 Å². The van der Waals surface area contributed by atoms with Gasteiger partial charge in [0.05, 0.1) is 7.11 Å². The van der Waals surface area contributed by atoms with E-state index in [1.807, 2.05) is 24.3 Å². The highest BCUT2D eigenvalue weighted by molar-refractivity contribution is 7.15. The van der Waals surface area contributed by atoms with Gasteiger partial charge in [0.15, 0.2) is 0 Å². The van der Waals surface area contributed by atoms with Gasteiger partial charge in [-0.25, -0.2) is 0 Å². The smallest absolute Gasteiger partial charge is 0.250 e. The number of ether oxygens (including phenoxy) is 1. The van der Waals surface area contributed by atoms with Crippen molar-refractivity contribution in [3.63, 3.8) is 0 Å². The Balaban J connectivity index is 1.56. The lowest BCUT2D eigenvalue weighted by molar-refractivity contribution is -0.111. The van der Waals surface area contributed by atoms with E-state index in [9.17, 15) is 4.79 Å². The highest BCUT2D eigenvalue weighted by atomic mass is 32.1. The third-order valence-electron chi connectivity index (χ3n) is 4.17. The summed E-state index contributed by atoms with van der Waals surface area (Å²) in [5.41, 5.74) is 0.936. The van der Waals surface area contributed by atoms with Gasteiger partial charge in [-0.15, -0.1) is 10.2 Å². The minimum Gasteiger partial charge on any atom is -0.497 e. The molecule has 6 heteroatoms. The lowest BCUT2D eigenvalue weighted by atomic mass is 9.90. The summed E-state index contributed by atoms with van der Waals surface area (Å²) in [6.45, 7) is 0. The number of hydrogen-bond acceptors (Lipinski definition) is 5. The molecule has 126 valence electrons. The van der Waals surface area contributed by atoms with Crippen molar-refractivity contribution in [2.45, 2.75) is 38.0 Å². The van der Waals surface area contributed by atoms with E-state index in [4.69, 9.17) is 4.74 Å². The minimum absolute atomic E-state index is 0.197. The largest absolute Gasteiger partial charge is 0.497 e. The van der Waals surface area contributed by atoms with E-state index in [1.165, 1.54) is 49.5 Å². The Kier molecular flexibility index (Phi) is 5.59. The number of aromatic nitrogens is 2. The normalized spacial score (nSPS) is 15.5. The quantitative estimate of drug-likeness (QED) is 0.825. The zero-order valence-electron chi connectivity index (χ0n) is 13.7. The Labute approximate surface area is 145 Å². The van der Waals surface area contributed by atoms with E-state index in [0.717, 1.165) is 16.3 Å². The Hall–Kier alpha value is -2.21. The number of hydrogen-bond donors (Lipinski definition) is 1. The fourth-order valence-electron chi connectivity index (χ4n) is 2.83. The number of rotatable bonds is 5. The molecule has 0 saturated heterocycles. The second-order valence-electron chi connectivity index (χ2n) is 5.88. The Bertz CT molecular complexity index is 703. The molecule has 0 bridgehead atoms. The number of nitrogens with zero attached hydrogens (tertiary/aromatic N) is 2. The van der Waals surface area contributed by atoms with Crippen LogP contribution in [0.2, 0.25) is 0 Å². The highest BCUT2D eigenvalue weighted by Crippen LogP contribution is 2.35. The predicted molar refractivity (Wildman–Crippen MR) is 96.4 cm³/mol. The maximum Gasteiger partial charge on any atom is 0.250 e. The van der Waals surface area contributed by atoms with Gasteiger partial charge in [0.1, 0.15) is 10.8 Å². The summed E-state index contributed by atoms with van der Waals surface area (Å²) in [7, 11) is 1.63. The van der Waals surface area contributed by atoms with Gasteiger partial charge < -0.3 is 4.74 Å². The summed E-state index contributed by atoms with van der Waals surface area (Å²) in [5.74, 6) is 1.11. The molecular formula is C18H21N3O2S. The van der Waals surface area contributed by atoms with Crippen molar-refractivity contribution in [2.24, 2.45) is 0 Å². The van der Waals surface area contributed by atoms with E-state index in [-0.39, 0.29) is 5.91 Å². The van der Waals surface area contributed by atoms with Crippen LogP contribution in [0.3, 0.4) is 0 Å². The van der Waals surface area contributed by atoms with Crippen molar-refractivity contribution >= 4 is 28.5 Å². The molecule has 1 aliphatic carbocycles. The predicted octanol–water partition coefficient (Wildman–Crippen LogP) is 4.25. The average molecular weight is 343 g/mol. The van der Waals surface area contributed by atoms with Crippen LogP contribution in [-0.2, 0) is 4.79 Å². The minimum atomic E-state index is -0.197. The molecule has 1 fully saturated rings. The van der Waals surface area contributed by atoms with Gasteiger partial charge in [0.25, 0.3) is 0 Å². The second-order valence-corrected chi connectivity index (χ2v) is 6.89. The SMILES string of the molecule is COc1ccc(/C=C/C(=O)Nc2nnc(C3CCCCC3)s2)cc1. The van der Waals surface area contributed by atoms with Crippen molar-refractivity contribution in [3.8, 4) is 5.75 Å². The summed E-state index contributed by atoms with van der Waals surface area (Å²) >= 11 is 1.49. The Morgan fingerprint density at radius 3 is 2.67 bits per heavy atom. The molecule has 24 heavy (non-hydrogen) atoms. The lowest BCUT2D eigenvalue weighted by Crippen LogP contribution is -2.07. The van der Waals surface area contributed by atoms with Crippen LogP contribution in [0.5, 0.6) is 5.75 Å². The van der Waals surface area contributed by atoms with Crippen LogP contribution in [0.25, 0.3) is 6.08 Å². The maximum atomic E-state index is 12.0. The fraction of sp³-hybridized carbons (Fsp3) is 0.389. The van der Waals surface area contributed by atoms with E-state index in [1.54, 1.807) is 13.2 Å². The van der Waals surface area contributed by atoms with Gasteiger partial charge in [-0.1, -0.05) is 42.7 Å². The number of benzene rings is 1. The Morgan fingerprint density at radius 2 is 1.96 bits per heavy atom. The number of nitrogens with one attached hydrogen (secondary N) is 1. The average Bonchev–Trinajstić information content (AvgIpc) is 3.09. The first-order chi connectivity index (χ1) is 11.7. The lowest BCUT2D eigenvalue weighted by Gasteiger charge is -2.18. The van der Waals surface area contributed by atoms with Gasteiger partial charge in [-0.3, -0.25) is 10.1 Å². The van der Waals surface area contributed by atoms with E-state index < -0.39 is 0 Å². The molecule has 1 saturated carbocycles. The van der Waals surface area contributed by atoms with Crippen LogP contribution in [0.15, 0.2) is 30.3 Å². The molecule has 3 rings (SSSR count). The number of methoxy groups -OCH3 is 1. The number of amides is 1. The van der Waals surface area contributed by atoms with Crippen LogP contribution >= 0.6 is 11.3 Å². The summed E-state index contributed by atoms with van der Waals surface area (Å²) < 4.78 is 5.11. The number of carbonyl (C=O) groups is 1. The van der Waals surface area contributed by atoms with E-state index in [2.05, 4.69) is 15.5 Å². The first kappa shape index (κ1) is 16.6. The first-order valence-corrected chi connectivity index (χ1v) is 9.03. The molecule has 1 aromatic carbocycles. The zero-order valence-corrected chi connectivity index (χ0v) is 14.5. The monoisotopic (exact) mass is 343 g/mol. The molecule has 0 aliphatic heterocycles. The van der Waals surface area contributed by atoms with Gasteiger partial charge in [-0.2, -0.15) is 0 Å². The van der Waals surface area contributed by atoms with Gasteiger partial charge in [-0.05, 0) is 36.6 Å². The fourth-order valence-corrected chi connectivity index (χ4v) is 3.75. The van der Waals surface area contributed by atoms with Crippen LogP contribution in [0.4, 0.5) is 5.13 Å². The van der Waals surface area contributed by atoms with Crippen LogP contribution < -0.4 is 10.1 Å². The summed E-state index contributed by atoms with van der Waals surface area (Å²) in [5, 5.41) is 12.7. The van der Waals surface area contributed by atoms with Crippen LogP contribution in [-0.4, -0.2) is 23.2 Å². The molecule has 0 radical (unpaired) electrons. The highest BCUT2D eigenvalue weighted by Gasteiger charge is 2.19. The van der Waals surface area contributed by atoms with Crippen LogP contribution in [0, 0.1) is 0 Å². The zero-order chi connectivity index (χ0) is 16.8. The van der Waals surface area contributed by atoms with Crippen LogP contribution in [0.1, 0.15) is 48.6 Å². The summed E-state index contributed by atoms with van der Waals surface area (Å²) in [6, 6.07) is 7.51. The molecule has 0 spiro atoms. The van der Waals surface area contributed by atoms with Crippen molar-refractivity contribution in [1.29, 1.82) is 0 Å². The maximum absolute atomic E-state index is 12.0. The molecule has 2 aromatic rings.